The number of esters is 1. The second kappa shape index (κ2) is 13.4. The van der Waals surface area contributed by atoms with Crippen LogP contribution in [0.15, 0.2) is 12.2 Å². The third-order valence-electron chi connectivity index (χ3n) is 3.80. The van der Waals surface area contributed by atoms with E-state index >= 15 is 0 Å². The van der Waals surface area contributed by atoms with Crippen molar-refractivity contribution in [3.63, 3.8) is 0 Å². The van der Waals surface area contributed by atoms with Crippen molar-refractivity contribution in [2.45, 2.75) is 104 Å². The van der Waals surface area contributed by atoms with Gasteiger partial charge in [0.15, 0.2) is 0 Å². The van der Waals surface area contributed by atoms with E-state index in [1.165, 1.54) is 0 Å². The van der Waals surface area contributed by atoms with E-state index in [9.17, 15) is 18.1 Å². The second-order valence-corrected chi connectivity index (χ2v) is 9.68. The van der Waals surface area contributed by atoms with Crippen LogP contribution in [0, 0.1) is 0 Å². The summed E-state index contributed by atoms with van der Waals surface area (Å²) in [4.78, 5) is 11.2. The van der Waals surface area contributed by atoms with E-state index < -0.39 is 31.9 Å². The Morgan fingerprint density at radius 3 is 1.79 bits per heavy atom. The zero-order valence-corrected chi connectivity index (χ0v) is 18.9. The van der Waals surface area contributed by atoms with Gasteiger partial charge in [0, 0.05) is 12.0 Å². The minimum atomic E-state index is -4.50. The van der Waals surface area contributed by atoms with Gasteiger partial charge in [0.05, 0.1) is 18.8 Å². The maximum atomic E-state index is 14.5. The van der Waals surface area contributed by atoms with Crippen molar-refractivity contribution in [1.82, 2.24) is 0 Å². The SMILES string of the molecule is C=C(C)C(=O)OCCCCCCCCCC(F)(F)P(=O)(OC(C)C)OC(C)C. The number of alkyl halides is 2. The maximum absolute atomic E-state index is 14.5. The Labute approximate surface area is 168 Å². The van der Waals surface area contributed by atoms with Gasteiger partial charge in [-0.2, -0.15) is 8.78 Å². The molecule has 166 valence electrons. The lowest BCUT2D eigenvalue weighted by Crippen LogP contribution is -2.24. The summed E-state index contributed by atoms with van der Waals surface area (Å²) in [6.07, 6.45) is 3.55. The van der Waals surface area contributed by atoms with Crippen molar-refractivity contribution in [3.8, 4) is 0 Å². The molecule has 0 N–H and O–H groups in total. The Bertz CT molecular complexity index is 507. The van der Waals surface area contributed by atoms with Crippen molar-refractivity contribution in [2.75, 3.05) is 6.61 Å². The Balaban J connectivity index is 4.05. The van der Waals surface area contributed by atoms with Crippen molar-refractivity contribution in [2.24, 2.45) is 0 Å². The van der Waals surface area contributed by atoms with Crippen LogP contribution < -0.4 is 0 Å². The quantitative estimate of drug-likeness (QED) is 0.117. The largest absolute Gasteiger partial charge is 0.462 e. The van der Waals surface area contributed by atoms with E-state index in [0.717, 1.165) is 32.1 Å². The molecule has 8 heteroatoms. The molecule has 0 radical (unpaired) electrons. The summed E-state index contributed by atoms with van der Waals surface area (Å²) in [5.74, 6) is -0.374. The minimum absolute atomic E-state index is 0.260. The first-order valence-corrected chi connectivity index (χ1v) is 11.6. The van der Waals surface area contributed by atoms with Crippen LogP contribution in [0.25, 0.3) is 0 Å². The molecule has 0 aliphatic carbocycles. The van der Waals surface area contributed by atoms with Gasteiger partial charge in [-0.3, -0.25) is 4.57 Å². The molecule has 0 saturated heterocycles. The Kier molecular flexibility index (Phi) is 13.1. The Morgan fingerprint density at radius 2 is 1.36 bits per heavy atom. The van der Waals surface area contributed by atoms with E-state index in [2.05, 4.69) is 6.58 Å². The molecule has 0 aromatic heterocycles. The van der Waals surface area contributed by atoms with Crippen molar-refractivity contribution < 1.29 is 31.9 Å². The minimum Gasteiger partial charge on any atom is -0.462 e. The molecular weight excluding hydrogens is 389 g/mol. The molecule has 0 rings (SSSR count). The molecule has 0 unspecified atom stereocenters. The molecule has 0 saturated carbocycles. The number of hydrogen-bond acceptors (Lipinski definition) is 5. The van der Waals surface area contributed by atoms with Crippen LogP contribution in [-0.2, 0) is 23.1 Å². The zero-order chi connectivity index (χ0) is 21.8. The summed E-state index contributed by atoms with van der Waals surface area (Å²) >= 11 is 0. The van der Waals surface area contributed by atoms with Crippen LogP contribution in [0.1, 0.15) is 86.0 Å². The number of unbranched alkanes of at least 4 members (excludes halogenated alkanes) is 6. The lowest BCUT2D eigenvalue weighted by atomic mass is 10.1. The Morgan fingerprint density at radius 1 is 0.929 bits per heavy atom. The van der Waals surface area contributed by atoms with Crippen LogP contribution in [0.5, 0.6) is 0 Å². The molecule has 0 fully saturated rings. The normalized spacial score (nSPS) is 12.6. The summed E-state index contributed by atoms with van der Waals surface area (Å²) in [7, 11) is -4.50. The number of carbonyl (C=O) groups excluding carboxylic acids is 1. The molecule has 0 spiro atoms. The first-order chi connectivity index (χ1) is 12.9. The number of ether oxygens (including phenoxy) is 1. The van der Waals surface area contributed by atoms with Gasteiger partial charge in [-0.1, -0.05) is 38.7 Å². The van der Waals surface area contributed by atoms with Crippen LogP contribution in [-0.4, -0.2) is 30.4 Å². The van der Waals surface area contributed by atoms with Crippen molar-refractivity contribution in [3.05, 3.63) is 12.2 Å². The van der Waals surface area contributed by atoms with Crippen LogP contribution in [0.3, 0.4) is 0 Å². The van der Waals surface area contributed by atoms with Gasteiger partial charge in [-0.05, 0) is 47.5 Å². The predicted molar refractivity (Wildman–Crippen MR) is 108 cm³/mol. The summed E-state index contributed by atoms with van der Waals surface area (Å²) in [6.45, 7) is 11.7. The van der Waals surface area contributed by atoms with Gasteiger partial charge in [0.25, 0.3) is 0 Å². The van der Waals surface area contributed by atoms with Crippen LogP contribution in [0.2, 0.25) is 0 Å². The third-order valence-corrected chi connectivity index (χ3v) is 6.23. The molecule has 0 aliphatic heterocycles. The number of carbonyl (C=O) groups is 1. The molecule has 0 aromatic rings. The van der Waals surface area contributed by atoms with Gasteiger partial charge >= 0.3 is 19.2 Å². The summed E-state index contributed by atoms with van der Waals surface area (Å²) in [6, 6.07) is 0. The van der Waals surface area contributed by atoms with Crippen LogP contribution in [0.4, 0.5) is 8.78 Å². The standard InChI is InChI=1S/C20H37F2O5P/c1-16(2)19(23)25-15-13-11-9-7-8-10-12-14-20(21,22)28(24,26-17(3)4)27-18(5)6/h17-18H,1,7-15H2,2-6H3. The number of hydrogen-bond donors (Lipinski definition) is 0. The highest BCUT2D eigenvalue weighted by atomic mass is 31.2. The lowest BCUT2D eigenvalue weighted by molar-refractivity contribution is -0.139. The molecule has 0 amide bonds. The Hall–Kier alpha value is -0.780. The maximum Gasteiger partial charge on any atom is 0.400 e. The van der Waals surface area contributed by atoms with Gasteiger partial charge in [0.2, 0.25) is 0 Å². The second-order valence-electron chi connectivity index (χ2n) is 7.61. The first-order valence-electron chi connectivity index (χ1n) is 10.1. The van der Waals surface area contributed by atoms with Gasteiger partial charge in [-0.25, -0.2) is 4.79 Å². The highest BCUT2D eigenvalue weighted by Gasteiger charge is 2.53. The molecule has 0 aliphatic rings. The van der Waals surface area contributed by atoms with E-state index in [4.69, 9.17) is 13.8 Å². The predicted octanol–water partition coefficient (Wildman–Crippen LogP) is 6.86. The average Bonchev–Trinajstić information content (AvgIpc) is 2.54. The topological polar surface area (TPSA) is 61.8 Å². The highest BCUT2D eigenvalue weighted by molar-refractivity contribution is 7.55. The molecule has 0 bridgehead atoms. The third kappa shape index (κ3) is 11.3. The van der Waals surface area contributed by atoms with E-state index in [-0.39, 0.29) is 12.4 Å². The lowest BCUT2D eigenvalue weighted by Gasteiger charge is -2.29. The zero-order valence-electron chi connectivity index (χ0n) is 18.0. The first kappa shape index (κ1) is 27.2. The smallest absolute Gasteiger partial charge is 0.400 e. The number of halogens is 2. The van der Waals surface area contributed by atoms with E-state index in [1.54, 1.807) is 34.6 Å². The average molecular weight is 426 g/mol. The van der Waals surface area contributed by atoms with Crippen LogP contribution >= 0.6 is 7.60 Å². The molecule has 0 heterocycles. The van der Waals surface area contributed by atoms with Gasteiger partial charge in [0.1, 0.15) is 0 Å². The highest BCUT2D eigenvalue weighted by Crippen LogP contribution is 2.65. The molecular formula is C20H37F2O5P. The number of rotatable bonds is 16. The molecule has 5 nitrogen and oxygen atoms in total. The summed E-state index contributed by atoms with van der Waals surface area (Å²) in [5.41, 5.74) is -3.10. The molecule has 0 aromatic carbocycles. The fraction of sp³-hybridized carbons (Fsp3) is 0.850. The van der Waals surface area contributed by atoms with Crippen molar-refractivity contribution in [1.29, 1.82) is 0 Å². The van der Waals surface area contributed by atoms with Gasteiger partial charge < -0.3 is 13.8 Å². The summed E-state index contributed by atoms with van der Waals surface area (Å²) in [5, 5.41) is 0. The fourth-order valence-electron chi connectivity index (χ4n) is 2.48. The van der Waals surface area contributed by atoms with Gasteiger partial charge in [-0.15, -0.1) is 0 Å². The van der Waals surface area contributed by atoms with E-state index in [0.29, 0.717) is 18.6 Å². The molecule has 0 atom stereocenters. The summed E-state index contributed by atoms with van der Waals surface area (Å²) < 4.78 is 56.6. The fourth-order valence-corrected chi connectivity index (χ4v) is 4.38. The van der Waals surface area contributed by atoms with Crippen molar-refractivity contribution >= 4 is 13.6 Å². The monoisotopic (exact) mass is 426 g/mol. The van der Waals surface area contributed by atoms with E-state index in [1.807, 2.05) is 0 Å². The molecule has 28 heavy (non-hydrogen) atoms.